The van der Waals surface area contributed by atoms with Crippen molar-refractivity contribution in [2.24, 2.45) is 0 Å². The van der Waals surface area contributed by atoms with E-state index in [0.717, 1.165) is 20.3 Å². The Morgan fingerprint density at radius 2 is 0.933 bits per heavy atom. The molecule has 0 saturated heterocycles. The normalized spacial score (nSPS) is 9.62. The molecule has 0 aliphatic heterocycles. The maximum atomic E-state index is 10.6. The van der Waals surface area contributed by atoms with Gasteiger partial charge in [-0.3, -0.25) is 27.9 Å². The first kappa shape index (κ1) is 54.8. The standard InChI is InChI=1S/C6H12O3Si.C5H9BO3.C4H9BO2.C4H6O3.C3H9O2P.C2H6O3S/c1-5(7)6(8)9-10(2,3)4;1-4(7)5(8)9-6(2)3;1-4(6)7-5(2)3;1-3(5)4(6)7-2;2*1-5-6(2,3)4/h1-4H3;1-3H3;1-3H3;1-2H3;1-3H3;1-2H3. The first-order valence-corrected chi connectivity index (χ1v) is 20.6. The highest BCUT2D eigenvalue weighted by molar-refractivity contribution is 7.85. The van der Waals surface area contributed by atoms with E-state index in [-0.39, 0.29) is 19.8 Å². The van der Waals surface area contributed by atoms with Crippen LogP contribution in [0.3, 0.4) is 0 Å². The van der Waals surface area contributed by atoms with Crippen LogP contribution in [0.25, 0.3) is 0 Å². The zero-order valence-electron chi connectivity index (χ0n) is 29.5. The third-order valence-corrected chi connectivity index (χ3v) is 5.22. The van der Waals surface area contributed by atoms with Crippen LogP contribution in [-0.2, 0) is 75.4 Å². The predicted molar refractivity (Wildman–Crippen MR) is 175 cm³/mol. The van der Waals surface area contributed by atoms with Crippen molar-refractivity contribution in [1.29, 1.82) is 0 Å². The van der Waals surface area contributed by atoms with Gasteiger partial charge >= 0.3 is 31.7 Å². The van der Waals surface area contributed by atoms with E-state index in [9.17, 15) is 46.5 Å². The zero-order valence-corrected chi connectivity index (χ0v) is 32.3. The summed E-state index contributed by atoms with van der Waals surface area (Å²) in [6, 6.07) is 0. The van der Waals surface area contributed by atoms with Gasteiger partial charge in [-0.05, 0) is 46.9 Å². The van der Waals surface area contributed by atoms with E-state index in [4.69, 9.17) is 4.43 Å². The second kappa shape index (κ2) is 28.8. The number of methoxy groups -OCH3 is 1. The summed E-state index contributed by atoms with van der Waals surface area (Å²) < 4.78 is 56.3. The van der Waals surface area contributed by atoms with Crippen molar-refractivity contribution in [2.75, 3.05) is 40.9 Å². The summed E-state index contributed by atoms with van der Waals surface area (Å²) in [4.78, 5) is 71.4. The van der Waals surface area contributed by atoms with Crippen LogP contribution in [0.2, 0.25) is 46.9 Å². The molecule has 16 nitrogen and oxygen atoms in total. The third-order valence-electron chi connectivity index (χ3n) is 2.93. The number of hydrogen-bond acceptors (Lipinski definition) is 16. The third kappa shape index (κ3) is 69.5. The fraction of sp³-hybridized carbons (Fsp3) is 0.708. The van der Waals surface area contributed by atoms with E-state index >= 15 is 0 Å². The van der Waals surface area contributed by atoms with Crippen LogP contribution in [0, 0.1) is 0 Å². The molecule has 264 valence electrons. The SMILES string of the molecule is CB(C)OC(=O)C(C)=O.CB(C)OC(C)=O.CC(=O)C(=O)O[Si](C)(C)C.COC(=O)C(C)=O.COP(C)(C)=O.COS(C)(=O)=O. The molecule has 0 radical (unpaired) electrons. The summed E-state index contributed by atoms with van der Waals surface area (Å²) in [7, 11) is -3.43. The highest BCUT2D eigenvalue weighted by atomic mass is 32.2. The summed E-state index contributed by atoms with van der Waals surface area (Å²) in [6.45, 7) is 20.5. The van der Waals surface area contributed by atoms with Crippen LogP contribution in [0.5, 0.6) is 0 Å². The topological polar surface area (TPSA) is 226 Å². The average molecular weight is 708 g/mol. The molecule has 0 aromatic rings. The first-order valence-electron chi connectivity index (χ1n) is 12.9. The van der Waals surface area contributed by atoms with Gasteiger partial charge in [0.05, 0.1) is 20.5 Å². The van der Waals surface area contributed by atoms with E-state index in [2.05, 4.69) is 22.8 Å². The van der Waals surface area contributed by atoms with Gasteiger partial charge in [0.25, 0.3) is 16.1 Å². The molecule has 0 amide bonds. The lowest BCUT2D eigenvalue weighted by Crippen LogP contribution is -2.31. The Morgan fingerprint density at radius 1 is 0.644 bits per heavy atom. The van der Waals surface area contributed by atoms with Crippen LogP contribution >= 0.6 is 7.37 Å². The molecule has 0 spiro atoms. The molecule has 0 rings (SSSR count). The number of ether oxygens (including phenoxy) is 1. The van der Waals surface area contributed by atoms with Crippen molar-refractivity contribution in [3.8, 4) is 0 Å². The first-order chi connectivity index (χ1) is 19.8. The van der Waals surface area contributed by atoms with Crippen molar-refractivity contribution >= 4 is 80.9 Å². The number of carbonyl (C=O) groups is 7. The highest BCUT2D eigenvalue weighted by Gasteiger charge is 2.22. The van der Waals surface area contributed by atoms with Gasteiger partial charge < -0.3 is 23.0 Å². The number of rotatable bonds is 8. The van der Waals surface area contributed by atoms with E-state index in [1.165, 1.54) is 35.0 Å². The highest BCUT2D eigenvalue weighted by Crippen LogP contribution is 2.35. The van der Waals surface area contributed by atoms with Gasteiger partial charge in [-0.2, -0.15) is 8.42 Å². The van der Waals surface area contributed by atoms with Crippen LogP contribution in [-0.4, -0.2) is 113 Å². The van der Waals surface area contributed by atoms with Gasteiger partial charge in [0.2, 0.25) is 25.7 Å². The molecule has 45 heavy (non-hydrogen) atoms. The fourth-order valence-corrected chi connectivity index (χ4v) is 1.82. The van der Waals surface area contributed by atoms with E-state index < -0.39 is 61.1 Å². The molecule has 0 unspecified atom stereocenters. The maximum absolute atomic E-state index is 10.6. The largest absolute Gasteiger partial charge is 0.537 e. The van der Waals surface area contributed by atoms with Gasteiger partial charge in [-0.1, -0.05) is 0 Å². The summed E-state index contributed by atoms with van der Waals surface area (Å²) in [5.74, 6) is -4.12. The number of Topliss-reactive ketones (excluding diaryl/α,β-unsaturated/α-hetero) is 3. The minimum absolute atomic E-state index is 0.0255. The number of hydrogen-bond donors (Lipinski definition) is 0. The van der Waals surface area contributed by atoms with Crippen molar-refractivity contribution in [3.05, 3.63) is 0 Å². The van der Waals surface area contributed by atoms with Crippen LogP contribution in [0.4, 0.5) is 0 Å². The monoisotopic (exact) mass is 708 g/mol. The second-order valence-corrected chi connectivity index (χ2v) is 19.1. The van der Waals surface area contributed by atoms with Gasteiger partial charge in [-0.25, -0.2) is 14.4 Å². The lowest BCUT2D eigenvalue weighted by atomic mass is 9.75. The minimum atomic E-state index is -3.16. The zero-order chi connectivity index (χ0) is 37.9. The Balaban J connectivity index is -0.000000103. The summed E-state index contributed by atoms with van der Waals surface area (Å²) >= 11 is 0. The van der Waals surface area contributed by atoms with E-state index in [0.29, 0.717) is 0 Å². The predicted octanol–water partition coefficient (Wildman–Crippen LogP) is 2.64. The molecular formula is C24H51B2O16PSSi. The van der Waals surface area contributed by atoms with Gasteiger partial charge in [0, 0.05) is 48.1 Å². The Hall–Kier alpha value is -2.66. The van der Waals surface area contributed by atoms with Crippen LogP contribution in [0.15, 0.2) is 0 Å². The molecular weight excluding hydrogens is 657 g/mol. The Morgan fingerprint density at radius 3 is 0.978 bits per heavy atom. The molecule has 0 aromatic carbocycles. The van der Waals surface area contributed by atoms with Gasteiger partial charge in [-0.15, -0.1) is 0 Å². The molecule has 0 bridgehead atoms. The van der Waals surface area contributed by atoms with Crippen LogP contribution in [0.1, 0.15) is 27.7 Å². The summed E-state index contributed by atoms with van der Waals surface area (Å²) in [6.07, 6.45) is 0.993. The van der Waals surface area contributed by atoms with Gasteiger partial charge in [0.15, 0.2) is 7.37 Å². The quantitative estimate of drug-likeness (QED) is 0.116. The summed E-state index contributed by atoms with van der Waals surface area (Å²) in [5.41, 5.74) is 0. The molecule has 0 saturated carbocycles. The lowest BCUT2D eigenvalue weighted by Gasteiger charge is -2.15. The molecule has 0 fully saturated rings. The molecule has 0 aromatic heterocycles. The number of esters is 1. The number of carbonyl (C=O) groups excluding carboxylic acids is 7. The van der Waals surface area contributed by atoms with Crippen molar-refractivity contribution in [1.82, 2.24) is 0 Å². The number of ketones is 3. The smallest absolute Gasteiger partial charge is 0.374 e. The van der Waals surface area contributed by atoms with E-state index in [1.807, 2.05) is 33.3 Å². The summed E-state index contributed by atoms with van der Waals surface area (Å²) in [5, 5.41) is 0. The molecule has 0 heterocycles. The molecule has 21 heteroatoms. The molecule has 0 aliphatic carbocycles. The maximum Gasteiger partial charge on any atom is 0.374 e. The molecule has 0 aliphatic rings. The Bertz CT molecular complexity index is 1080. The van der Waals surface area contributed by atoms with Crippen molar-refractivity contribution < 1.29 is 73.7 Å². The Labute approximate surface area is 269 Å². The molecule has 0 atom stereocenters. The lowest BCUT2D eigenvalue weighted by molar-refractivity contribution is -0.150. The second-order valence-electron chi connectivity index (χ2n) is 10.1. The van der Waals surface area contributed by atoms with Crippen molar-refractivity contribution in [2.45, 2.75) is 74.6 Å². The fourth-order valence-electron chi connectivity index (χ4n) is 1.12. The van der Waals surface area contributed by atoms with Gasteiger partial charge in [0.1, 0.15) is 0 Å². The Kier molecular flexibility index (Phi) is 35.0. The van der Waals surface area contributed by atoms with Crippen LogP contribution < -0.4 is 0 Å². The average Bonchev–Trinajstić information content (AvgIpc) is 2.82. The van der Waals surface area contributed by atoms with E-state index in [1.54, 1.807) is 27.0 Å². The van der Waals surface area contributed by atoms with Crippen molar-refractivity contribution in [3.63, 3.8) is 0 Å². The molecule has 0 N–H and O–H groups in total. The minimum Gasteiger partial charge on any atom is -0.537 e.